The first-order valence-electron chi connectivity index (χ1n) is 8.98. The first-order chi connectivity index (χ1) is 9.95. The smallest absolute Gasteiger partial charge is 0.0596 e. The van der Waals surface area contributed by atoms with Crippen LogP contribution in [0.5, 0.6) is 0 Å². The second kappa shape index (κ2) is 4.80. The van der Waals surface area contributed by atoms with Crippen molar-refractivity contribution in [2.45, 2.75) is 64.9 Å². The van der Waals surface area contributed by atoms with Gasteiger partial charge in [-0.3, -0.25) is 4.21 Å². The molecule has 0 bridgehead atoms. The Morgan fingerprint density at radius 3 is 2.52 bits per heavy atom. The van der Waals surface area contributed by atoms with E-state index in [9.17, 15) is 9.32 Å². The largest absolute Gasteiger partial charge is 0.393 e. The summed E-state index contributed by atoms with van der Waals surface area (Å²) in [6.45, 7) is 4.80. The van der Waals surface area contributed by atoms with Gasteiger partial charge in [0.1, 0.15) is 0 Å². The molecule has 4 fully saturated rings. The van der Waals surface area contributed by atoms with Crippen molar-refractivity contribution in [3.05, 3.63) is 0 Å². The van der Waals surface area contributed by atoms with Crippen LogP contribution in [0.15, 0.2) is 0 Å². The first kappa shape index (κ1) is 14.7. The molecule has 1 saturated heterocycles. The van der Waals surface area contributed by atoms with Crippen LogP contribution in [0, 0.1) is 34.5 Å². The van der Waals surface area contributed by atoms with Gasteiger partial charge in [0, 0.05) is 22.3 Å². The minimum Gasteiger partial charge on any atom is -0.393 e. The lowest BCUT2D eigenvalue weighted by molar-refractivity contribution is -0.102. The molecule has 4 rings (SSSR count). The Bertz CT molecular complexity index is 464. The number of fused-ring (bicyclic) bond motifs is 5. The number of rotatable bonds is 0. The maximum Gasteiger partial charge on any atom is 0.0596 e. The monoisotopic (exact) mass is 310 g/mol. The minimum absolute atomic E-state index is 0.0746. The third kappa shape index (κ3) is 1.95. The van der Waals surface area contributed by atoms with E-state index in [0.29, 0.717) is 5.41 Å². The van der Waals surface area contributed by atoms with Crippen LogP contribution < -0.4 is 0 Å². The Morgan fingerprint density at radius 2 is 1.71 bits per heavy atom. The second-order valence-corrected chi connectivity index (χ2v) is 10.4. The highest BCUT2D eigenvalue weighted by molar-refractivity contribution is 7.85. The Morgan fingerprint density at radius 1 is 0.952 bits per heavy atom. The first-order valence-corrected chi connectivity index (χ1v) is 10.5. The molecule has 2 nitrogen and oxygen atoms in total. The third-order valence-corrected chi connectivity index (χ3v) is 9.82. The zero-order valence-electron chi connectivity index (χ0n) is 13.5. The molecule has 3 heteroatoms. The zero-order chi connectivity index (χ0) is 14.8. The number of hydrogen-bond donors (Lipinski definition) is 1. The summed E-state index contributed by atoms with van der Waals surface area (Å²) in [6.07, 6.45) is 8.51. The molecule has 0 amide bonds. The normalized spacial score (nSPS) is 60.0. The SMILES string of the molecule is C[C@]12CCC3C(CC[C@H]4CC[S@@](=O)C[C@]34C)C1CC[C@@H]2O. The molecule has 3 unspecified atom stereocenters. The van der Waals surface area contributed by atoms with Crippen LogP contribution in [-0.2, 0) is 10.8 Å². The predicted molar refractivity (Wildman–Crippen MR) is 86.4 cm³/mol. The maximum absolute atomic E-state index is 12.2. The van der Waals surface area contributed by atoms with Crippen molar-refractivity contribution in [2.24, 2.45) is 34.5 Å². The van der Waals surface area contributed by atoms with Crippen LogP contribution in [0.3, 0.4) is 0 Å². The van der Waals surface area contributed by atoms with Crippen molar-refractivity contribution < 1.29 is 9.32 Å². The summed E-state index contributed by atoms with van der Waals surface area (Å²) in [7, 11) is -0.586. The summed E-state index contributed by atoms with van der Waals surface area (Å²) >= 11 is 0. The van der Waals surface area contributed by atoms with Crippen molar-refractivity contribution in [1.82, 2.24) is 0 Å². The highest BCUT2D eigenvalue weighted by atomic mass is 32.2. The predicted octanol–water partition coefficient (Wildman–Crippen LogP) is 3.36. The minimum atomic E-state index is -0.586. The summed E-state index contributed by atoms with van der Waals surface area (Å²) in [5, 5.41) is 10.5. The molecule has 4 aliphatic rings. The van der Waals surface area contributed by atoms with E-state index in [4.69, 9.17) is 0 Å². The molecule has 1 aliphatic heterocycles. The summed E-state index contributed by atoms with van der Waals surface area (Å²) in [6, 6.07) is 0. The van der Waals surface area contributed by atoms with Gasteiger partial charge in [-0.2, -0.15) is 0 Å². The van der Waals surface area contributed by atoms with Crippen LogP contribution in [-0.4, -0.2) is 26.9 Å². The molecule has 1 N–H and O–H groups in total. The Balaban J connectivity index is 1.66. The Hall–Kier alpha value is 0.110. The summed E-state index contributed by atoms with van der Waals surface area (Å²) in [5.41, 5.74) is 0.499. The molecule has 0 aromatic rings. The lowest BCUT2D eigenvalue weighted by Gasteiger charge is -2.59. The van der Waals surface area contributed by atoms with Gasteiger partial charge in [0.2, 0.25) is 0 Å². The molecule has 0 spiro atoms. The maximum atomic E-state index is 12.2. The fourth-order valence-corrected chi connectivity index (χ4v) is 8.73. The van der Waals surface area contributed by atoms with E-state index < -0.39 is 10.8 Å². The lowest BCUT2D eigenvalue weighted by atomic mass is 9.47. The van der Waals surface area contributed by atoms with Crippen molar-refractivity contribution in [3.8, 4) is 0 Å². The van der Waals surface area contributed by atoms with E-state index in [2.05, 4.69) is 13.8 Å². The molecular weight excluding hydrogens is 280 g/mol. The van der Waals surface area contributed by atoms with Gasteiger partial charge in [-0.1, -0.05) is 13.8 Å². The van der Waals surface area contributed by atoms with E-state index in [1.54, 1.807) is 0 Å². The standard InChI is InChI=1S/C18H30O2S/c1-17-9-7-15-13(14(17)5-6-16(17)19)4-3-12-8-10-21(20)11-18(12,15)2/h12-16,19H,3-11H2,1-2H3/t12-,13?,14?,15?,16-,17-,18-,21+/m0/s1. The molecule has 21 heavy (non-hydrogen) atoms. The quantitative estimate of drug-likeness (QED) is 0.745. The highest BCUT2D eigenvalue weighted by Crippen LogP contribution is 2.64. The zero-order valence-corrected chi connectivity index (χ0v) is 14.3. The molecule has 3 aliphatic carbocycles. The number of aliphatic hydroxyl groups is 1. The van der Waals surface area contributed by atoms with Crippen molar-refractivity contribution in [3.63, 3.8) is 0 Å². The Kier molecular flexibility index (Phi) is 3.36. The van der Waals surface area contributed by atoms with Gasteiger partial charge in [0.25, 0.3) is 0 Å². The molecule has 0 aromatic carbocycles. The van der Waals surface area contributed by atoms with Crippen molar-refractivity contribution in [1.29, 1.82) is 0 Å². The molecule has 0 aromatic heterocycles. The van der Waals surface area contributed by atoms with E-state index in [0.717, 1.165) is 41.6 Å². The van der Waals surface area contributed by atoms with Gasteiger partial charge in [0.15, 0.2) is 0 Å². The second-order valence-electron chi connectivity index (χ2n) is 8.87. The fraction of sp³-hybridized carbons (Fsp3) is 1.00. The molecule has 1 heterocycles. The summed E-state index contributed by atoms with van der Waals surface area (Å²) in [4.78, 5) is 0. The fourth-order valence-electron chi connectivity index (χ4n) is 6.90. The van der Waals surface area contributed by atoms with E-state index in [1.165, 1.54) is 38.5 Å². The number of aliphatic hydroxyl groups excluding tert-OH is 1. The van der Waals surface area contributed by atoms with Crippen LogP contribution in [0.1, 0.15) is 58.8 Å². The molecule has 3 saturated carbocycles. The van der Waals surface area contributed by atoms with E-state index >= 15 is 0 Å². The van der Waals surface area contributed by atoms with Crippen LogP contribution in [0.2, 0.25) is 0 Å². The Labute approximate surface area is 131 Å². The van der Waals surface area contributed by atoms with Gasteiger partial charge in [-0.25, -0.2) is 0 Å². The molecule has 120 valence electrons. The van der Waals surface area contributed by atoms with Crippen molar-refractivity contribution in [2.75, 3.05) is 11.5 Å². The molecule has 8 atom stereocenters. The molecule has 0 radical (unpaired) electrons. The lowest BCUT2D eigenvalue weighted by Crippen LogP contribution is -2.55. The topological polar surface area (TPSA) is 37.3 Å². The summed E-state index contributed by atoms with van der Waals surface area (Å²) < 4.78 is 12.2. The third-order valence-electron chi connectivity index (χ3n) is 8.18. The van der Waals surface area contributed by atoms with Crippen LogP contribution in [0.25, 0.3) is 0 Å². The van der Waals surface area contributed by atoms with Crippen molar-refractivity contribution >= 4 is 10.8 Å². The van der Waals surface area contributed by atoms with Gasteiger partial charge >= 0.3 is 0 Å². The van der Waals surface area contributed by atoms with Gasteiger partial charge in [-0.05, 0) is 79.4 Å². The number of hydrogen-bond acceptors (Lipinski definition) is 2. The van der Waals surface area contributed by atoms with Crippen LogP contribution >= 0.6 is 0 Å². The summed E-state index contributed by atoms with van der Waals surface area (Å²) in [5.74, 6) is 4.98. The molecular formula is C18H30O2S. The average Bonchev–Trinajstić information content (AvgIpc) is 2.74. The van der Waals surface area contributed by atoms with E-state index in [1.807, 2.05) is 0 Å². The van der Waals surface area contributed by atoms with Crippen LogP contribution in [0.4, 0.5) is 0 Å². The van der Waals surface area contributed by atoms with Gasteiger partial charge in [-0.15, -0.1) is 0 Å². The van der Waals surface area contributed by atoms with Gasteiger partial charge < -0.3 is 5.11 Å². The average molecular weight is 311 g/mol. The van der Waals surface area contributed by atoms with Gasteiger partial charge in [0.05, 0.1) is 6.10 Å². The van der Waals surface area contributed by atoms with E-state index in [-0.39, 0.29) is 11.5 Å². The highest BCUT2D eigenvalue weighted by Gasteiger charge is 2.60.